The Kier molecular flexibility index (Phi) is 4.56. The van der Waals surface area contributed by atoms with E-state index in [4.69, 9.17) is 23.8 Å². The van der Waals surface area contributed by atoms with E-state index in [1.807, 2.05) is 72.8 Å². The van der Waals surface area contributed by atoms with Crippen LogP contribution in [-0.2, 0) is 0 Å². The lowest BCUT2D eigenvalue weighted by molar-refractivity contribution is 1.34. The van der Waals surface area contributed by atoms with E-state index >= 15 is 0 Å². The Hall–Kier alpha value is -2.89. The second kappa shape index (κ2) is 7.15. The van der Waals surface area contributed by atoms with Crippen LogP contribution in [0.3, 0.4) is 0 Å². The third kappa shape index (κ3) is 3.54. The summed E-state index contributed by atoms with van der Waals surface area (Å²) in [4.78, 5) is 7.92. The zero-order chi connectivity index (χ0) is 17.9. The van der Waals surface area contributed by atoms with Crippen molar-refractivity contribution in [3.8, 4) is 11.4 Å². The third-order valence-corrected chi connectivity index (χ3v) is 4.43. The predicted molar refractivity (Wildman–Crippen MR) is 113 cm³/mol. The van der Waals surface area contributed by atoms with Crippen molar-refractivity contribution in [1.82, 2.24) is 9.97 Å². The van der Waals surface area contributed by atoms with Crippen LogP contribution < -0.4 is 10.6 Å². The zero-order valence-electron chi connectivity index (χ0n) is 13.7. The SMILES string of the molecule is S=C(Nc1ccccc1)Nc1ccc(Cl)c(-c2nc3ccccc3[nH]2)c1. The first-order valence-corrected chi connectivity index (χ1v) is 8.85. The minimum Gasteiger partial charge on any atom is -0.338 e. The number of imidazole rings is 1. The Morgan fingerprint density at radius 2 is 1.62 bits per heavy atom. The van der Waals surface area contributed by atoms with Gasteiger partial charge in [-0.25, -0.2) is 4.98 Å². The zero-order valence-corrected chi connectivity index (χ0v) is 15.2. The molecular weight excluding hydrogens is 364 g/mol. The molecule has 0 aliphatic rings. The number of benzene rings is 3. The van der Waals surface area contributed by atoms with Crippen LogP contribution in [0.1, 0.15) is 0 Å². The summed E-state index contributed by atoms with van der Waals surface area (Å²) in [6.45, 7) is 0. The van der Waals surface area contributed by atoms with Gasteiger partial charge in [-0.2, -0.15) is 0 Å². The first-order valence-electron chi connectivity index (χ1n) is 8.07. The van der Waals surface area contributed by atoms with Crippen LogP contribution in [0, 0.1) is 0 Å². The number of thiocarbonyl (C=S) groups is 1. The first kappa shape index (κ1) is 16.6. The molecule has 0 saturated heterocycles. The van der Waals surface area contributed by atoms with Gasteiger partial charge >= 0.3 is 0 Å². The van der Waals surface area contributed by atoms with Crippen molar-refractivity contribution in [3.63, 3.8) is 0 Å². The van der Waals surface area contributed by atoms with E-state index in [1.54, 1.807) is 0 Å². The summed E-state index contributed by atoms with van der Waals surface area (Å²) >= 11 is 11.8. The highest BCUT2D eigenvalue weighted by atomic mass is 35.5. The van der Waals surface area contributed by atoms with Crippen molar-refractivity contribution < 1.29 is 0 Å². The average molecular weight is 379 g/mol. The maximum Gasteiger partial charge on any atom is 0.175 e. The van der Waals surface area contributed by atoms with Crippen molar-refractivity contribution in [3.05, 3.63) is 77.8 Å². The summed E-state index contributed by atoms with van der Waals surface area (Å²) in [5.74, 6) is 0.724. The summed E-state index contributed by atoms with van der Waals surface area (Å²) in [5.41, 5.74) is 4.45. The molecule has 26 heavy (non-hydrogen) atoms. The molecule has 128 valence electrons. The molecule has 0 saturated carbocycles. The second-order valence-corrected chi connectivity index (χ2v) is 6.56. The molecular formula is C20H15ClN4S. The number of aromatic nitrogens is 2. The van der Waals surface area contributed by atoms with Gasteiger partial charge in [0, 0.05) is 16.9 Å². The molecule has 0 fully saturated rings. The van der Waals surface area contributed by atoms with Gasteiger partial charge in [0.2, 0.25) is 0 Å². The number of hydrogen-bond acceptors (Lipinski definition) is 2. The van der Waals surface area contributed by atoms with Gasteiger partial charge in [0.1, 0.15) is 5.82 Å². The van der Waals surface area contributed by atoms with Gasteiger partial charge in [0.25, 0.3) is 0 Å². The van der Waals surface area contributed by atoms with E-state index < -0.39 is 0 Å². The summed E-state index contributed by atoms with van der Waals surface area (Å²) < 4.78 is 0. The molecule has 4 aromatic rings. The minimum absolute atomic E-state index is 0.508. The number of rotatable bonds is 3. The van der Waals surface area contributed by atoms with Gasteiger partial charge in [-0.3, -0.25) is 0 Å². The van der Waals surface area contributed by atoms with Crippen LogP contribution in [0.2, 0.25) is 5.02 Å². The monoisotopic (exact) mass is 378 g/mol. The van der Waals surface area contributed by atoms with E-state index in [1.165, 1.54) is 0 Å². The van der Waals surface area contributed by atoms with Crippen LogP contribution in [-0.4, -0.2) is 15.1 Å². The molecule has 3 N–H and O–H groups in total. The van der Waals surface area contributed by atoms with Crippen LogP contribution >= 0.6 is 23.8 Å². The Morgan fingerprint density at radius 3 is 2.42 bits per heavy atom. The molecule has 0 amide bonds. The molecule has 0 aliphatic carbocycles. The van der Waals surface area contributed by atoms with Crippen LogP contribution in [0.25, 0.3) is 22.4 Å². The van der Waals surface area contributed by atoms with Crippen LogP contribution in [0.4, 0.5) is 11.4 Å². The van der Waals surface area contributed by atoms with Crippen molar-refractivity contribution in [2.75, 3.05) is 10.6 Å². The Labute approximate surface area is 161 Å². The number of halogens is 1. The molecule has 4 rings (SSSR count). The molecule has 0 spiro atoms. The Morgan fingerprint density at radius 1 is 0.885 bits per heavy atom. The quantitative estimate of drug-likeness (QED) is 0.401. The van der Waals surface area contributed by atoms with Gasteiger partial charge in [-0.05, 0) is 54.7 Å². The number of aromatic amines is 1. The normalized spacial score (nSPS) is 10.7. The molecule has 0 atom stereocenters. The van der Waals surface area contributed by atoms with E-state index in [-0.39, 0.29) is 0 Å². The van der Waals surface area contributed by atoms with Crippen molar-refractivity contribution >= 4 is 51.3 Å². The number of nitrogens with zero attached hydrogens (tertiary/aromatic N) is 1. The molecule has 0 aliphatic heterocycles. The number of hydrogen-bond donors (Lipinski definition) is 3. The maximum atomic E-state index is 6.39. The molecule has 0 radical (unpaired) electrons. The van der Waals surface area contributed by atoms with Gasteiger partial charge in [0.05, 0.1) is 16.1 Å². The van der Waals surface area contributed by atoms with E-state index in [2.05, 4.69) is 20.6 Å². The highest BCUT2D eigenvalue weighted by Gasteiger charge is 2.10. The lowest BCUT2D eigenvalue weighted by Gasteiger charge is -2.12. The van der Waals surface area contributed by atoms with Gasteiger partial charge in [-0.15, -0.1) is 0 Å². The molecule has 0 unspecified atom stereocenters. The predicted octanol–water partition coefficient (Wildman–Crippen LogP) is 5.69. The lowest BCUT2D eigenvalue weighted by atomic mass is 10.2. The lowest BCUT2D eigenvalue weighted by Crippen LogP contribution is -2.18. The Balaban J connectivity index is 1.59. The highest BCUT2D eigenvalue weighted by Crippen LogP contribution is 2.30. The molecule has 6 heteroatoms. The fourth-order valence-corrected chi connectivity index (χ4v) is 3.12. The van der Waals surface area contributed by atoms with Crippen molar-refractivity contribution in [2.24, 2.45) is 0 Å². The maximum absolute atomic E-state index is 6.39. The Bertz CT molecular complexity index is 1040. The molecule has 1 heterocycles. The van der Waals surface area contributed by atoms with Gasteiger partial charge in [0.15, 0.2) is 5.11 Å². The second-order valence-electron chi connectivity index (χ2n) is 5.74. The standard InChI is InChI=1S/C20H15ClN4S/c21-16-11-10-14(23-20(26)22-13-6-2-1-3-7-13)12-15(16)19-24-17-8-4-5-9-18(17)25-19/h1-12H,(H,24,25)(H2,22,23,26). The topological polar surface area (TPSA) is 52.7 Å². The number of anilines is 2. The summed E-state index contributed by atoms with van der Waals surface area (Å²) in [6, 6.07) is 23.3. The smallest absolute Gasteiger partial charge is 0.175 e. The van der Waals surface area contributed by atoms with Gasteiger partial charge < -0.3 is 15.6 Å². The number of para-hydroxylation sites is 3. The third-order valence-electron chi connectivity index (χ3n) is 3.90. The van der Waals surface area contributed by atoms with E-state index in [0.717, 1.165) is 33.8 Å². The molecule has 1 aromatic heterocycles. The first-order chi connectivity index (χ1) is 12.7. The summed E-state index contributed by atoms with van der Waals surface area (Å²) in [5, 5.41) is 7.46. The van der Waals surface area contributed by atoms with Gasteiger partial charge in [-0.1, -0.05) is 41.9 Å². The minimum atomic E-state index is 0.508. The van der Waals surface area contributed by atoms with Crippen LogP contribution in [0.15, 0.2) is 72.8 Å². The molecule has 3 aromatic carbocycles. The van der Waals surface area contributed by atoms with E-state index in [9.17, 15) is 0 Å². The highest BCUT2D eigenvalue weighted by molar-refractivity contribution is 7.80. The molecule has 0 bridgehead atoms. The largest absolute Gasteiger partial charge is 0.338 e. The van der Waals surface area contributed by atoms with Crippen LogP contribution in [0.5, 0.6) is 0 Å². The summed E-state index contributed by atoms with van der Waals surface area (Å²) in [7, 11) is 0. The van der Waals surface area contributed by atoms with E-state index in [0.29, 0.717) is 10.1 Å². The number of nitrogens with one attached hydrogen (secondary N) is 3. The van der Waals surface area contributed by atoms with Crippen molar-refractivity contribution in [2.45, 2.75) is 0 Å². The van der Waals surface area contributed by atoms with Crippen molar-refractivity contribution in [1.29, 1.82) is 0 Å². The fraction of sp³-hybridized carbons (Fsp3) is 0. The average Bonchev–Trinajstić information content (AvgIpc) is 3.08. The fourth-order valence-electron chi connectivity index (χ4n) is 2.68. The summed E-state index contributed by atoms with van der Waals surface area (Å²) in [6.07, 6.45) is 0. The number of fused-ring (bicyclic) bond motifs is 1. The molecule has 4 nitrogen and oxygen atoms in total. The number of H-pyrrole nitrogens is 1.